The van der Waals surface area contributed by atoms with Crippen molar-refractivity contribution in [3.05, 3.63) is 47.0 Å². The summed E-state index contributed by atoms with van der Waals surface area (Å²) in [6.45, 7) is 5.68. The summed E-state index contributed by atoms with van der Waals surface area (Å²) in [5, 5.41) is 19.5. The molecule has 2 rings (SSSR count). The van der Waals surface area contributed by atoms with E-state index in [4.69, 9.17) is 0 Å². The molecule has 0 bridgehead atoms. The van der Waals surface area contributed by atoms with E-state index < -0.39 is 0 Å². The molecule has 2 nitrogen and oxygen atoms in total. The Morgan fingerprint density at radius 3 is 2.18 bits per heavy atom. The lowest BCUT2D eigenvalue weighted by atomic mass is 9.96. The Morgan fingerprint density at radius 2 is 1.53 bits per heavy atom. The van der Waals surface area contributed by atoms with E-state index in [9.17, 15) is 10.2 Å². The Morgan fingerprint density at radius 1 is 0.824 bits per heavy atom. The summed E-state index contributed by atoms with van der Waals surface area (Å²) in [5.74, 6) is 0.572. The van der Waals surface area contributed by atoms with Gasteiger partial charge in [0.05, 0.1) is 0 Å². The van der Waals surface area contributed by atoms with E-state index in [0.29, 0.717) is 5.75 Å². The highest BCUT2D eigenvalue weighted by molar-refractivity contribution is 5.72. The predicted molar refractivity (Wildman–Crippen MR) is 69.4 cm³/mol. The van der Waals surface area contributed by atoms with Crippen LogP contribution >= 0.6 is 0 Å². The van der Waals surface area contributed by atoms with Gasteiger partial charge in [-0.1, -0.05) is 18.2 Å². The third-order valence-corrected chi connectivity index (χ3v) is 3.04. The topological polar surface area (TPSA) is 40.5 Å². The lowest BCUT2D eigenvalue weighted by Crippen LogP contribution is -1.87. The number of benzene rings is 2. The van der Waals surface area contributed by atoms with Crippen molar-refractivity contribution in [3.8, 4) is 22.6 Å². The molecule has 0 aliphatic rings. The molecular weight excluding hydrogens is 212 g/mol. The highest BCUT2D eigenvalue weighted by Gasteiger charge is 2.08. The molecule has 2 aromatic carbocycles. The first-order valence-electron chi connectivity index (χ1n) is 5.59. The lowest BCUT2D eigenvalue weighted by Gasteiger charge is -2.10. The van der Waals surface area contributed by atoms with Crippen LogP contribution < -0.4 is 0 Å². The summed E-state index contributed by atoms with van der Waals surface area (Å²) >= 11 is 0. The number of aryl methyl sites for hydroxylation is 2. The molecule has 0 aliphatic carbocycles. The number of rotatable bonds is 1. The quantitative estimate of drug-likeness (QED) is 0.781. The van der Waals surface area contributed by atoms with Crippen LogP contribution in [-0.2, 0) is 0 Å². The minimum Gasteiger partial charge on any atom is -0.508 e. The van der Waals surface area contributed by atoms with Gasteiger partial charge in [0, 0.05) is 0 Å². The fourth-order valence-corrected chi connectivity index (χ4v) is 1.92. The minimum atomic E-state index is 0.280. The van der Waals surface area contributed by atoms with Crippen LogP contribution in [0.3, 0.4) is 0 Å². The van der Waals surface area contributed by atoms with Gasteiger partial charge in [-0.25, -0.2) is 0 Å². The van der Waals surface area contributed by atoms with Crippen LogP contribution in [0.1, 0.15) is 16.7 Å². The second-order valence-electron chi connectivity index (χ2n) is 4.46. The molecule has 0 fully saturated rings. The van der Waals surface area contributed by atoms with Crippen LogP contribution in [0.15, 0.2) is 30.3 Å². The predicted octanol–water partition coefficient (Wildman–Crippen LogP) is 3.69. The molecule has 0 radical (unpaired) electrons. The molecule has 17 heavy (non-hydrogen) atoms. The first kappa shape index (κ1) is 11.5. The van der Waals surface area contributed by atoms with Gasteiger partial charge in [-0.3, -0.25) is 0 Å². The Kier molecular flexibility index (Phi) is 2.80. The number of phenols is 2. The van der Waals surface area contributed by atoms with Gasteiger partial charge in [-0.15, -0.1) is 0 Å². The van der Waals surface area contributed by atoms with Crippen molar-refractivity contribution in [2.24, 2.45) is 0 Å². The zero-order chi connectivity index (χ0) is 12.6. The SMILES string of the molecule is Cc1cc(O)c(C)c(-c2ccc(C)c(O)c2)c1. The van der Waals surface area contributed by atoms with Crippen molar-refractivity contribution >= 4 is 0 Å². The summed E-state index contributed by atoms with van der Waals surface area (Å²) in [5.41, 5.74) is 4.56. The van der Waals surface area contributed by atoms with Gasteiger partial charge in [0.1, 0.15) is 11.5 Å². The second-order valence-corrected chi connectivity index (χ2v) is 4.46. The first-order valence-corrected chi connectivity index (χ1v) is 5.59. The molecule has 2 heteroatoms. The number of aromatic hydroxyl groups is 2. The van der Waals surface area contributed by atoms with Gasteiger partial charge in [0.25, 0.3) is 0 Å². The second kappa shape index (κ2) is 4.13. The number of hydrogen-bond donors (Lipinski definition) is 2. The monoisotopic (exact) mass is 228 g/mol. The van der Waals surface area contributed by atoms with E-state index in [1.807, 2.05) is 39.0 Å². The Labute approximate surface area is 101 Å². The molecule has 0 spiro atoms. The largest absolute Gasteiger partial charge is 0.508 e. The van der Waals surface area contributed by atoms with Crippen molar-refractivity contribution in [3.63, 3.8) is 0 Å². The van der Waals surface area contributed by atoms with E-state index in [2.05, 4.69) is 0 Å². The Bertz CT molecular complexity index is 571. The van der Waals surface area contributed by atoms with Crippen molar-refractivity contribution in [2.45, 2.75) is 20.8 Å². The summed E-state index contributed by atoms with van der Waals surface area (Å²) in [4.78, 5) is 0. The first-order chi connectivity index (χ1) is 7.99. The molecule has 2 N–H and O–H groups in total. The third-order valence-electron chi connectivity index (χ3n) is 3.04. The van der Waals surface area contributed by atoms with Gasteiger partial charge in [0.15, 0.2) is 0 Å². The molecule has 0 amide bonds. The van der Waals surface area contributed by atoms with Crippen LogP contribution in [0.25, 0.3) is 11.1 Å². The molecule has 2 aromatic rings. The normalized spacial score (nSPS) is 10.5. The molecule has 0 aromatic heterocycles. The standard InChI is InChI=1S/C15H16O2/c1-9-6-13(11(3)15(17)7-9)12-5-4-10(2)14(16)8-12/h4-8,16-17H,1-3H3. The highest BCUT2D eigenvalue weighted by atomic mass is 16.3. The summed E-state index contributed by atoms with van der Waals surface area (Å²) < 4.78 is 0. The maximum Gasteiger partial charge on any atom is 0.119 e. The van der Waals surface area contributed by atoms with Gasteiger partial charge >= 0.3 is 0 Å². The average molecular weight is 228 g/mol. The van der Waals surface area contributed by atoms with E-state index in [0.717, 1.165) is 27.8 Å². The molecule has 88 valence electrons. The zero-order valence-electron chi connectivity index (χ0n) is 10.3. The van der Waals surface area contributed by atoms with Crippen molar-refractivity contribution in [2.75, 3.05) is 0 Å². The number of phenolic OH excluding ortho intramolecular Hbond substituents is 2. The molecule has 0 saturated carbocycles. The summed E-state index contributed by atoms with van der Waals surface area (Å²) in [6.07, 6.45) is 0. The van der Waals surface area contributed by atoms with Gasteiger partial charge < -0.3 is 10.2 Å². The third kappa shape index (κ3) is 2.11. The van der Waals surface area contributed by atoms with E-state index >= 15 is 0 Å². The average Bonchev–Trinajstić information content (AvgIpc) is 2.27. The lowest BCUT2D eigenvalue weighted by molar-refractivity contribution is 0.469. The van der Waals surface area contributed by atoms with Gasteiger partial charge in [-0.05, 0) is 60.7 Å². The van der Waals surface area contributed by atoms with Crippen LogP contribution in [0, 0.1) is 20.8 Å². The van der Waals surface area contributed by atoms with E-state index in [-0.39, 0.29) is 5.75 Å². The summed E-state index contributed by atoms with van der Waals surface area (Å²) in [6, 6.07) is 9.32. The minimum absolute atomic E-state index is 0.280. The van der Waals surface area contributed by atoms with Crippen LogP contribution in [0.2, 0.25) is 0 Å². The van der Waals surface area contributed by atoms with Gasteiger partial charge in [-0.2, -0.15) is 0 Å². The maximum atomic E-state index is 9.80. The molecule has 0 heterocycles. The van der Waals surface area contributed by atoms with Crippen LogP contribution in [0.4, 0.5) is 0 Å². The van der Waals surface area contributed by atoms with Crippen LogP contribution in [0.5, 0.6) is 11.5 Å². The fourth-order valence-electron chi connectivity index (χ4n) is 1.92. The highest BCUT2D eigenvalue weighted by Crippen LogP contribution is 2.33. The van der Waals surface area contributed by atoms with Gasteiger partial charge in [0.2, 0.25) is 0 Å². The van der Waals surface area contributed by atoms with Crippen molar-refractivity contribution in [1.29, 1.82) is 0 Å². The molecule has 0 atom stereocenters. The molecule has 0 saturated heterocycles. The Hall–Kier alpha value is -1.96. The summed E-state index contributed by atoms with van der Waals surface area (Å²) in [7, 11) is 0. The Balaban J connectivity index is 2.64. The van der Waals surface area contributed by atoms with E-state index in [1.165, 1.54) is 0 Å². The smallest absolute Gasteiger partial charge is 0.119 e. The van der Waals surface area contributed by atoms with E-state index in [1.54, 1.807) is 12.1 Å². The molecular formula is C15H16O2. The zero-order valence-corrected chi connectivity index (χ0v) is 10.3. The van der Waals surface area contributed by atoms with Crippen molar-refractivity contribution in [1.82, 2.24) is 0 Å². The van der Waals surface area contributed by atoms with Crippen molar-refractivity contribution < 1.29 is 10.2 Å². The fraction of sp³-hybridized carbons (Fsp3) is 0.200. The number of hydrogen-bond acceptors (Lipinski definition) is 2. The molecule has 0 aliphatic heterocycles. The van der Waals surface area contributed by atoms with Crippen LogP contribution in [-0.4, -0.2) is 10.2 Å². The maximum absolute atomic E-state index is 9.80. The molecule has 0 unspecified atom stereocenters.